The third kappa shape index (κ3) is 3.94. The van der Waals surface area contributed by atoms with E-state index in [1.54, 1.807) is 10.9 Å². The van der Waals surface area contributed by atoms with Crippen LogP contribution in [0.5, 0.6) is 0 Å². The molecule has 1 fully saturated rings. The van der Waals surface area contributed by atoms with Crippen molar-refractivity contribution in [2.75, 3.05) is 13.1 Å². The molecular formula is C18H24N4O2. The number of aromatic nitrogens is 2. The zero-order valence-corrected chi connectivity index (χ0v) is 13.9. The molecule has 24 heavy (non-hydrogen) atoms. The average Bonchev–Trinajstić information content (AvgIpc) is 3.05. The van der Waals surface area contributed by atoms with Gasteiger partial charge in [-0.1, -0.05) is 30.3 Å². The summed E-state index contributed by atoms with van der Waals surface area (Å²) in [4.78, 5) is 14.1. The number of aliphatic hydroxyl groups excluding tert-OH is 1. The molecule has 0 aliphatic carbocycles. The summed E-state index contributed by atoms with van der Waals surface area (Å²) in [7, 11) is 1.86. The maximum atomic E-state index is 12.2. The number of aliphatic hydroxyl groups is 1. The molecule has 2 amide bonds. The first-order valence-corrected chi connectivity index (χ1v) is 8.37. The average molecular weight is 328 g/mol. The summed E-state index contributed by atoms with van der Waals surface area (Å²) in [5.41, 5.74) is 1.94. The van der Waals surface area contributed by atoms with E-state index < -0.39 is 6.10 Å². The van der Waals surface area contributed by atoms with Gasteiger partial charge in [0.25, 0.3) is 0 Å². The standard InChI is InChI=1S/C18H24N4O2/c1-21-13-14(12-20-21)11-19-18(24)22-9-7-16(8-10-22)17(23)15-5-3-2-4-6-15/h2-6,12-13,16-17,23H,7-11H2,1H3,(H,19,24). The Labute approximate surface area is 142 Å². The third-order valence-electron chi connectivity index (χ3n) is 4.62. The number of benzene rings is 1. The Balaban J connectivity index is 1.47. The molecule has 0 bridgehead atoms. The van der Waals surface area contributed by atoms with Crippen molar-refractivity contribution >= 4 is 6.03 Å². The molecule has 3 rings (SSSR count). The molecule has 1 aliphatic heterocycles. The minimum atomic E-state index is -0.452. The van der Waals surface area contributed by atoms with Gasteiger partial charge in [-0.05, 0) is 24.3 Å². The number of likely N-dealkylation sites (tertiary alicyclic amines) is 1. The van der Waals surface area contributed by atoms with Gasteiger partial charge in [0.15, 0.2) is 0 Å². The number of nitrogens with one attached hydrogen (secondary N) is 1. The van der Waals surface area contributed by atoms with Crippen molar-refractivity contribution in [3.8, 4) is 0 Å². The lowest BCUT2D eigenvalue weighted by Gasteiger charge is -2.34. The van der Waals surface area contributed by atoms with Gasteiger partial charge in [-0.15, -0.1) is 0 Å². The molecule has 0 radical (unpaired) electrons. The first-order chi connectivity index (χ1) is 11.6. The molecule has 2 aromatic rings. The third-order valence-corrected chi connectivity index (χ3v) is 4.62. The van der Waals surface area contributed by atoms with Crippen molar-refractivity contribution in [1.29, 1.82) is 0 Å². The van der Waals surface area contributed by atoms with Gasteiger partial charge >= 0.3 is 6.03 Å². The van der Waals surface area contributed by atoms with Gasteiger partial charge in [-0.2, -0.15) is 5.10 Å². The van der Waals surface area contributed by atoms with Crippen molar-refractivity contribution in [2.45, 2.75) is 25.5 Å². The fourth-order valence-corrected chi connectivity index (χ4v) is 3.19. The number of rotatable bonds is 4. The van der Waals surface area contributed by atoms with E-state index in [0.717, 1.165) is 24.0 Å². The lowest BCUT2D eigenvalue weighted by molar-refractivity contribution is 0.0665. The van der Waals surface area contributed by atoms with E-state index in [9.17, 15) is 9.90 Å². The summed E-state index contributed by atoms with van der Waals surface area (Å²) < 4.78 is 1.72. The van der Waals surface area contributed by atoms with E-state index in [0.29, 0.717) is 19.6 Å². The maximum Gasteiger partial charge on any atom is 0.317 e. The van der Waals surface area contributed by atoms with Gasteiger partial charge in [0.1, 0.15) is 0 Å². The molecule has 1 saturated heterocycles. The molecule has 6 nitrogen and oxygen atoms in total. The summed E-state index contributed by atoms with van der Waals surface area (Å²) in [5, 5.41) is 17.5. The Morgan fingerprint density at radius 3 is 2.67 bits per heavy atom. The predicted molar refractivity (Wildman–Crippen MR) is 91.1 cm³/mol. The second-order valence-corrected chi connectivity index (χ2v) is 6.36. The predicted octanol–water partition coefficient (Wildman–Crippen LogP) is 2.08. The van der Waals surface area contributed by atoms with Crippen molar-refractivity contribution in [1.82, 2.24) is 20.0 Å². The van der Waals surface area contributed by atoms with Gasteiger partial charge in [-0.3, -0.25) is 4.68 Å². The van der Waals surface area contributed by atoms with Crippen LogP contribution in [0.3, 0.4) is 0 Å². The highest BCUT2D eigenvalue weighted by atomic mass is 16.3. The molecule has 1 atom stereocenters. The van der Waals surface area contributed by atoms with Crippen molar-refractivity contribution in [3.05, 3.63) is 53.9 Å². The fourth-order valence-electron chi connectivity index (χ4n) is 3.19. The molecule has 128 valence electrons. The number of aryl methyl sites for hydroxylation is 1. The first-order valence-electron chi connectivity index (χ1n) is 8.37. The Bertz CT molecular complexity index is 663. The van der Waals surface area contributed by atoms with E-state index in [2.05, 4.69) is 10.4 Å². The molecular weight excluding hydrogens is 304 g/mol. The van der Waals surface area contributed by atoms with Crippen LogP contribution in [0.4, 0.5) is 4.79 Å². The summed E-state index contributed by atoms with van der Waals surface area (Å²) >= 11 is 0. The number of hydrogen-bond acceptors (Lipinski definition) is 3. The Kier molecular flexibility index (Phi) is 5.15. The largest absolute Gasteiger partial charge is 0.388 e. The van der Waals surface area contributed by atoms with E-state index in [-0.39, 0.29) is 11.9 Å². The number of amides is 2. The van der Waals surface area contributed by atoms with Crippen molar-refractivity contribution in [3.63, 3.8) is 0 Å². The Morgan fingerprint density at radius 1 is 1.33 bits per heavy atom. The normalized spacial score (nSPS) is 16.8. The topological polar surface area (TPSA) is 70.4 Å². The van der Waals surface area contributed by atoms with Crippen molar-refractivity contribution in [2.24, 2.45) is 13.0 Å². The van der Waals surface area contributed by atoms with Crippen LogP contribution in [0.1, 0.15) is 30.1 Å². The van der Waals surface area contributed by atoms with Gasteiger partial charge in [-0.25, -0.2) is 4.79 Å². The zero-order chi connectivity index (χ0) is 16.9. The molecule has 0 spiro atoms. The van der Waals surface area contributed by atoms with Crippen LogP contribution in [0.2, 0.25) is 0 Å². The lowest BCUT2D eigenvalue weighted by atomic mass is 9.87. The first kappa shape index (κ1) is 16.5. The SMILES string of the molecule is Cn1cc(CNC(=O)N2CCC(C(O)c3ccccc3)CC2)cn1. The number of hydrogen-bond donors (Lipinski definition) is 2. The van der Waals surface area contributed by atoms with Crippen LogP contribution < -0.4 is 5.32 Å². The molecule has 1 aromatic heterocycles. The van der Waals surface area contributed by atoms with Crippen LogP contribution in [0.15, 0.2) is 42.7 Å². The maximum absolute atomic E-state index is 12.2. The van der Waals surface area contributed by atoms with E-state index in [1.165, 1.54) is 0 Å². The highest BCUT2D eigenvalue weighted by Gasteiger charge is 2.28. The molecule has 2 N–H and O–H groups in total. The lowest BCUT2D eigenvalue weighted by Crippen LogP contribution is -2.44. The molecule has 0 saturated carbocycles. The highest BCUT2D eigenvalue weighted by Crippen LogP contribution is 2.30. The highest BCUT2D eigenvalue weighted by molar-refractivity contribution is 5.74. The zero-order valence-electron chi connectivity index (χ0n) is 13.9. The Morgan fingerprint density at radius 2 is 2.04 bits per heavy atom. The molecule has 1 unspecified atom stereocenters. The Hall–Kier alpha value is -2.34. The molecule has 1 aromatic carbocycles. The molecule has 1 aliphatic rings. The van der Waals surface area contributed by atoms with E-state index >= 15 is 0 Å². The number of piperidine rings is 1. The van der Waals surface area contributed by atoms with E-state index in [1.807, 2.05) is 48.5 Å². The van der Waals surface area contributed by atoms with Gasteiger partial charge in [0.2, 0.25) is 0 Å². The van der Waals surface area contributed by atoms with E-state index in [4.69, 9.17) is 0 Å². The van der Waals surface area contributed by atoms with Gasteiger partial charge in [0.05, 0.1) is 12.3 Å². The smallest absolute Gasteiger partial charge is 0.317 e. The number of carbonyl (C=O) groups is 1. The molecule has 6 heteroatoms. The van der Waals surface area contributed by atoms with Crippen LogP contribution in [-0.4, -0.2) is 38.9 Å². The number of carbonyl (C=O) groups excluding carboxylic acids is 1. The van der Waals surface area contributed by atoms with Crippen LogP contribution >= 0.6 is 0 Å². The summed E-state index contributed by atoms with van der Waals surface area (Å²) in [5.74, 6) is 0.203. The second kappa shape index (κ2) is 7.49. The minimum absolute atomic E-state index is 0.0495. The summed E-state index contributed by atoms with van der Waals surface area (Å²) in [6.07, 6.45) is 4.82. The van der Waals surface area contributed by atoms with Crippen molar-refractivity contribution < 1.29 is 9.90 Å². The van der Waals surface area contributed by atoms with Crippen LogP contribution in [0, 0.1) is 5.92 Å². The monoisotopic (exact) mass is 328 g/mol. The number of nitrogens with zero attached hydrogens (tertiary/aromatic N) is 3. The summed E-state index contributed by atoms with van der Waals surface area (Å²) in [6, 6.07) is 9.70. The second-order valence-electron chi connectivity index (χ2n) is 6.36. The van der Waals surface area contributed by atoms with Gasteiger partial charge < -0.3 is 15.3 Å². The van der Waals surface area contributed by atoms with Crippen LogP contribution in [-0.2, 0) is 13.6 Å². The minimum Gasteiger partial charge on any atom is -0.388 e. The fraction of sp³-hybridized carbons (Fsp3) is 0.444. The quantitative estimate of drug-likeness (QED) is 0.903. The van der Waals surface area contributed by atoms with Crippen LogP contribution in [0.25, 0.3) is 0 Å². The summed E-state index contributed by atoms with van der Waals surface area (Å²) in [6.45, 7) is 1.83. The number of urea groups is 1. The molecule has 2 heterocycles. The van der Waals surface area contributed by atoms with Gasteiger partial charge in [0, 0.05) is 38.4 Å².